The number of carboxylic acid groups (broad SMARTS) is 1. The molecule has 0 fully saturated rings. The second-order valence-electron chi connectivity index (χ2n) is 7.13. The summed E-state index contributed by atoms with van der Waals surface area (Å²) in [6.07, 6.45) is 0. The number of anilines is 1. The summed E-state index contributed by atoms with van der Waals surface area (Å²) < 4.78 is 31.9. The van der Waals surface area contributed by atoms with Crippen molar-refractivity contribution in [3.8, 4) is 0 Å². The number of benzene rings is 3. The van der Waals surface area contributed by atoms with Gasteiger partial charge in [0.15, 0.2) is 15.4 Å². The third kappa shape index (κ3) is 4.76. The van der Waals surface area contributed by atoms with Crippen LogP contribution >= 0.6 is 11.6 Å². The van der Waals surface area contributed by atoms with Gasteiger partial charge in [-0.2, -0.15) is 4.98 Å². The van der Waals surface area contributed by atoms with Gasteiger partial charge in [0.05, 0.1) is 16.2 Å². The molecule has 7 nitrogen and oxygen atoms in total. The standard InChI is InChI=1S/C23H19ClN2O5S/c24-17-11-9-16(10-12-17)15-26(23-25-19-6-2-3-7-20(19)31-23)13-14-32(29,30)21-8-4-1-5-18(21)22(27)28/h1-12H,13-15H2,(H,27,28). The van der Waals surface area contributed by atoms with Crippen molar-refractivity contribution in [2.75, 3.05) is 17.2 Å². The highest BCUT2D eigenvalue weighted by atomic mass is 35.5. The number of aromatic nitrogens is 1. The molecule has 9 heteroatoms. The zero-order valence-corrected chi connectivity index (χ0v) is 18.4. The summed E-state index contributed by atoms with van der Waals surface area (Å²) in [4.78, 5) is 17.5. The maximum atomic E-state index is 13.0. The van der Waals surface area contributed by atoms with Crippen molar-refractivity contribution in [3.63, 3.8) is 0 Å². The monoisotopic (exact) mass is 470 g/mol. The van der Waals surface area contributed by atoms with E-state index in [-0.39, 0.29) is 28.8 Å². The Morgan fingerprint density at radius 1 is 1.00 bits per heavy atom. The number of halogens is 1. The molecule has 0 atom stereocenters. The normalized spacial score (nSPS) is 11.5. The summed E-state index contributed by atoms with van der Waals surface area (Å²) in [5.41, 5.74) is 1.88. The van der Waals surface area contributed by atoms with E-state index in [1.54, 1.807) is 23.1 Å². The molecule has 0 amide bonds. The third-order valence-electron chi connectivity index (χ3n) is 4.92. The van der Waals surface area contributed by atoms with Crippen LogP contribution in [0.4, 0.5) is 6.01 Å². The van der Waals surface area contributed by atoms with Crippen LogP contribution in [-0.4, -0.2) is 36.8 Å². The first-order valence-corrected chi connectivity index (χ1v) is 11.8. The molecule has 1 N–H and O–H groups in total. The molecule has 0 saturated carbocycles. The Labute approximate surface area is 189 Å². The summed E-state index contributed by atoms with van der Waals surface area (Å²) in [6.45, 7) is 0.381. The van der Waals surface area contributed by atoms with Gasteiger partial charge in [0, 0.05) is 18.1 Å². The Morgan fingerprint density at radius 2 is 1.69 bits per heavy atom. The van der Waals surface area contributed by atoms with Crippen molar-refractivity contribution >= 4 is 44.5 Å². The van der Waals surface area contributed by atoms with E-state index in [1.165, 1.54) is 24.3 Å². The molecular weight excluding hydrogens is 452 g/mol. The van der Waals surface area contributed by atoms with E-state index in [0.29, 0.717) is 22.7 Å². The lowest BCUT2D eigenvalue weighted by molar-refractivity contribution is 0.0692. The van der Waals surface area contributed by atoms with Gasteiger partial charge in [-0.1, -0.05) is 48.0 Å². The van der Waals surface area contributed by atoms with Crippen LogP contribution in [0.3, 0.4) is 0 Å². The number of hydrogen-bond acceptors (Lipinski definition) is 6. The number of aromatic carboxylic acids is 1. The number of para-hydroxylation sites is 2. The van der Waals surface area contributed by atoms with Crippen LogP contribution in [0.25, 0.3) is 11.1 Å². The lowest BCUT2D eigenvalue weighted by atomic mass is 10.2. The van der Waals surface area contributed by atoms with Crippen molar-refractivity contribution in [3.05, 3.63) is 88.9 Å². The van der Waals surface area contributed by atoms with Crippen LogP contribution in [0.2, 0.25) is 5.02 Å². The van der Waals surface area contributed by atoms with Crippen molar-refractivity contribution < 1.29 is 22.7 Å². The number of rotatable bonds is 8. The minimum absolute atomic E-state index is 0.0474. The molecule has 0 spiro atoms. The molecule has 4 aromatic rings. The Hall–Kier alpha value is -3.36. The second-order valence-corrected chi connectivity index (χ2v) is 9.65. The smallest absolute Gasteiger partial charge is 0.337 e. The van der Waals surface area contributed by atoms with Crippen molar-refractivity contribution in [2.24, 2.45) is 0 Å². The molecule has 3 aromatic carbocycles. The van der Waals surface area contributed by atoms with Crippen molar-refractivity contribution in [1.82, 2.24) is 4.98 Å². The van der Waals surface area contributed by atoms with Gasteiger partial charge in [0.2, 0.25) is 0 Å². The maximum absolute atomic E-state index is 13.0. The molecule has 32 heavy (non-hydrogen) atoms. The maximum Gasteiger partial charge on any atom is 0.337 e. The predicted molar refractivity (Wildman–Crippen MR) is 122 cm³/mol. The van der Waals surface area contributed by atoms with Crippen LogP contribution in [0, 0.1) is 0 Å². The topological polar surface area (TPSA) is 101 Å². The number of hydrogen-bond donors (Lipinski definition) is 1. The van der Waals surface area contributed by atoms with E-state index in [2.05, 4.69) is 4.98 Å². The van der Waals surface area contributed by atoms with E-state index in [0.717, 1.165) is 5.56 Å². The van der Waals surface area contributed by atoms with Crippen LogP contribution in [0.15, 0.2) is 82.1 Å². The van der Waals surface area contributed by atoms with E-state index < -0.39 is 15.8 Å². The molecule has 4 rings (SSSR count). The van der Waals surface area contributed by atoms with Gasteiger partial charge in [0.1, 0.15) is 5.52 Å². The van der Waals surface area contributed by atoms with E-state index >= 15 is 0 Å². The number of sulfone groups is 1. The molecule has 0 aliphatic carbocycles. The Morgan fingerprint density at radius 3 is 2.41 bits per heavy atom. The quantitative estimate of drug-likeness (QED) is 0.399. The first kappa shape index (κ1) is 21.9. The molecule has 0 bridgehead atoms. The third-order valence-corrected chi connectivity index (χ3v) is 6.92. The SMILES string of the molecule is O=C(O)c1ccccc1S(=O)(=O)CCN(Cc1ccc(Cl)cc1)c1nc2ccccc2o1. The predicted octanol–water partition coefficient (Wildman–Crippen LogP) is 4.66. The first-order valence-electron chi connectivity index (χ1n) is 9.73. The van der Waals surface area contributed by atoms with Gasteiger partial charge < -0.3 is 14.4 Å². The zero-order valence-electron chi connectivity index (χ0n) is 16.8. The Kier molecular flexibility index (Phi) is 6.16. The lowest BCUT2D eigenvalue weighted by Gasteiger charge is -2.21. The van der Waals surface area contributed by atoms with Gasteiger partial charge in [-0.05, 0) is 42.0 Å². The molecule has 1 heterocycles. The van der Waals surface area contributed by atoms with Crippen LogP contribution in [0.5, 0.6) is 0 Å². The highest BCUT2D eigenvalue weighted by Crippen LogP contribution is 2.25. The van der Waals surface area contributed by atoms with Crippen LogP contribution < -0.4 is 4.90 Å². The fourth-order valence-corrected chi connectivity index (χ4v) is 4.89. The summed E-state index contributed by atoms with van der Waals surface area (Å²) in [5.74, 6) is -1.61. The van der Waals surface area contributed by atoms with Crippen LogP contribution in [-0.2, 0) is 16.4 Å². The fourth-order valence-electron chi connectivity index (χ4n) is 3.30. The average Bonchev–Trinajstić information content (AvgIpc) is 3.22. The molecule has 1 aromatic heterocycles. The number of carboxylic acids is 1. The minimum atomic E-state index is -3.88. The van der Waals surface area contributed by atoms with Gasteiger partial charge >= 0.3 is 5.97 Å². The van der Waals surface area contributed by atoms with Gasteiger partial charge in [-0.25, -0.2) is 13.2 Å². The molecule has 164 valence electrons. The minimum Gasteiger partial charge on any atom is -0.478 e. The number of carbonyl (C=O) groups is 1. The first-order chi connectivity index (χ1) is 15.3. The van der Waals surface area contributed by atoms with Gasteiger partial charge in [-0.3, -0.25) is 0 Å². The Bertz CT molecular complexity index is 1330. The second kappa shape index (κ2) is 9.02. The molecule has 0 unspecified atom stereocenters. The van der Waals surface area contributed by atoms with Crippen LogP contribution in [0.1, 0.15) is 15.9 Å². The summed E-state index contributed by atoms with van der Waals surface area (Å²) in [6, 6.07) is 20.3. The lowest BCUT2D eigenvalue weighted by Crippen LogP contribution is -2.29. The van der Waals surface area contributed by atoms with Crippen molar-refractivity contribution in [1.29, 1.82) is 0 Å². The van der Waals surface area contributed by atoms with Gasteiger partial charge in [0.25, 0.3) is 6.01 Å². The van der Waals surface area contributed by atoms with Crippen molar-refractivity contribution in [2.45, 2.75) is 11.4 Å². The highest BCUT2D eigenvalue weighted by molar-refractivity contribution is 7.91. The summed E-state index contributed by atoms with van der Waals surface area (Å²) >= 11 is 5.98. The van der Waals surface area contributed by atoms with E-state index in [9.17, 15) is 18.3 Å². The molecule has 0 radical (unpaired) electrons. The average molecular weight is 471 g/mol. The zero-order chi connectivity index (χ0) is 22.7. The van der Waals surface area contributed by atoms with E-state index in [4.69, 9.17) is 16.0 Å². The molecule has 0 saturated heterocycles. The summed E-state index contributed by atoms with van der Waals surface area (Å²) in [5, 5.41) is 9.96. The molecule has 0 aliphatic rings. The summed E-state index contributed by atoms with van der Waals surface area (Å²) in [7, 11) is -3.88. The Balaban J connectivity index is 1.64. The largest absolute Gasteiger partial charge is 0.478 e. The molecule has 0 aliphatic heterocycles. The van der Waals surface area contributed by atoms with Gasteiger partial charge in [-0.15, -0.1) is 0 Å². The number of fused-ring (bicyclic) bond motifs is 1. The number of nitrogens with zero attached hydrogens (tertiary/aromatic N) is 2. The molecular formula is C23H19ClN2O5S. The van der Waals surface area contributed by atoms with E-state index in [1.807, 2.05) is 30.3 Å². The number of oxazole rings is 1. The fraction of sp³-hybridized carbons (Fsp3) is 0.130. The highest BCUT2D eigenvalue weighted by Gasteiger charge is 2.24.